The normalized spacial score (nSPS) is 22.1. The van der Waals surface area contributed by atoms with Gasteiger partial charge in [0.2, 0.25) is 0 Å². The predicted molar refractivity (Wildman–Crippen MR) is 76.0 cm³/mol. The Morgan fingerprint density at radius 2 is 2.32 bits per heavy atom. The molecule has 19 heavy (non-hydrogen) atoms. The first-order valence-corrected chi connectivity index (χ1v) is 7.56. The average Bonchev–Trinajstić information content (AvgIpc) is 2.93. The molecule has 0 aromatic heterocycles. The maximum absolute atomic E-state index is 9.20. The monoisotopic (exact) mass is 268 g/mol. The van der Waals surface area contributed by atoms with Crippen LogP contribution in [0, 0.1) is 11.3 Å². The fourth-order valence-electron chi connectivity index (χ4n) is 2.26. The van der Waals surface area contributed by atoms with Gasteiger partial charge in [0.15, 0.2) is 0 Å². The number of nitrogens with one attached hydrogen (secondary N) is 1. The zero-order chi connectivity index (χ0) is 14.0. The molecule has 0 spiro atoms. The Morgan fingerprint density at radius 3 is 2.95 bits per heavy atom. The predicted octanol–water partition coefficient (Wildman–Crippen LogP) is 2.63. The van der Waals surface area contributed by atoms with E-state index in [1.165, 1.54) is 0 Å². The maximum atomic E-state index is 9.20. The Hall–Kier alpha value is -0.630. The van der Waals surface area contributed by atoms with Gasteiger partial charge in [-0.15, -0.1) is 0 Å². The molecule has 2 unspecified atom stereocenters. The summed E-state index contributed by atoms with van der Waals surface area (Å²) in [6.07, 6.45) is 6.58. The number of ether oxygens (including phenoxy) is 2. The zero-order valence-corrected chi connectivity index (χ0v) is 12.4. The van der Waals surface area contributed by atoms with E-state index in [9.17, 15) is 5.26 Å². The van der Waals surface area contributed by atoms with Crippen molar-refractivity contribution in [1.29, 1.82) is 5.26 Å². The van der Waals surface area contributed by atoms with Crippen molar-refractivity contribution < 1.29 is 9.47 Å². The fraction of sp³-hybridized carbons (Fsp3) is 0.933. The Labute approximate surface area is 117 Å². The lowest BCUT2D eigenvalue weighted by Crippen LogP contribution is -2.41. The smallest absolute Gasteiger partial charge is 0.103 e. The first kappa shape index (κ1) is 16.4. The minimum absolute atomic E-state index is 0.315. The molecule has 0 radical (unpaired) electrons. The summed E-state index contributed by atoms with van der Waals surface area (Å²) in [6, 6.07) is 2.38. The third kappa shape index (κ3) is 6.91. The second-order valence-corrected chi connectivity index (χ2v) is 5.54. The van der Waals surface area contributed by atoms with E-state index >= 15 is 0 Å². The van der Waals surface area contributed by atoms with Crippen LogP contribution in [0.5, 0.6) is 0 Å². The first-order valence-electron chi connectivity index (χ1n) is 7.56. The van der Waals surface area contributed by atoms with Crippen molar-refractivity contribution in [2.24, 2.45) is 0 Å². The van der Waals surface area contributed by atoms with Crippen molar-refractivity contribution in [3.05, 3.63) is 0 Å². The lowest BCUT2D eigenvalue weighted by atomic mass is 9.96. The van der Waals surface area contributed by atoms with Gasteiger partial charge in [-0.2, -0.15) is 5.26 Å². The molecule has 1 heterocycles. The summed E-state index contributed by atoms with van der Waals surface area (Å²) in [6.45, 7) is 7.38. The largest absolute Gasteiger partial charge is 0.379 e. The van der Waals surface area contributed by atoms with Gasteiger partial charge in [0.25, 0.3) is 0 Å². The molecule has 1 aliphatic rings. The van der Waals surface area contributed by atoms with E-state index in [-0.39, 0.29) is 5.54 Å². The third-order valence-electron chi connectivity index (χ3n) is 3.56. The Kier molecular flexibility index (Phi) is 8.04. The summed E-state index contributed by atoms with van der Waals surface area (Å²) < 4.78 is 11.1. The lowest BCUT2D eigenvalue weighted by Gasteiger charge is -2.23. The summed E-state index contributed by atoms with van der Waals surface area (Å²) in [7, 11) is 0. The lowest BCUT2D eigenvalue weighted by molar-refractivity contribution is 0.0159. The molecule has 0 saturated carbocycles. The number of nitriles is 1. The molecule has 1 aliphatic heterocycles. The topological polar surface area (TPSA) is 54.3 Å². The van der Waals surface area contributed by atoms with Crippen molar-refractivity contribution in [2.45, 2.75) is 64.0 Å². The highest BCUT2D eigenvalue weighted by Crippen LogP contribution is 2.14. The van der Waals surface area contributed by atoms with E-state index in [1.54, 1.807) is 0 Å². The van der Waals surface area contributed by atoms with E-state index in [1.807, 2.05) is 6.92 Å². The highest BCUT2D eigenvalue weighted by molar-refractivity contribution is 5.03. The highest BCUT2D eigenvalue weighted by Gasteiger charge is 2.21. The van der Waals surface area contributed by atoms with Crippen LogP contribution in [0.25, 0.3) is 0 Å². The summed E-state index contributed by atoms with van der Waals surface area (Å²) in [5.74, 6) is 0. The van der Waals surface area contributed by atoms with E-state index in [0.717, 1.165) is 64.9 Å². The minimum Gasteiger partial charge on any atom is -0.379 e. The standard InChI is InChI=1S/C15H28N2O2/c1-3-9-17-15(2,13-16)8-4-5-10-18-12-14-7-6-11-19-14/h14,17H,3-12H2,1-2H3. The van der Waals surface area contributed by atoms with Gasteiger partial charge in [0, 0.05) is 13.2 Å². The van der Waals surface area contributed by atoms with Gasteiger partial charge >= 0.3 is 0 Å². The van der Waals surface area contributed by atoms with Gasteiger partial charge < -0.3 is 9.47 Å². The van der Waals surface area contributed by atoms with Crippen LogP contribution >= 0.6 is 0 Å². The van der Waals surface area contributed by atoms with Crippen LogP contribution in [-0.4, -0.2) is 38.0 Å². The van der Waals surface area contributed by atoms with E-state index in [4.69, 9.17) is 9.47 Å². The maximum Gasteiger partial charge on any atom is 0.103 e. The van der Waals surface area contributed by atoms with Crippen molar-refractivity contribution in [2.75, 3.05) is 26.4 Å². The molecule has 4 nitrogen and oxygen atoms in total. The van der Waals surface area contributed by atoms with Crippen LogP contribution < -0.4 is 5.32 Å². The van der Waals surface area contributed by atoms with Crippen LogP contribution in [0.2, 0.25) is 0 Å². The van der Waals surface area contributed by atoms with Crippen LogP contribution in [0.15, 0.2) is 0 Å². The summed E-state index contributed by atoms with van der Waals surface area (Å²) in [4.78, 5) is 0. The van der Waals surface area contributed by atoms with Crippen LogP contribution in [0.3, 0.4) is 0 Å². The number of nitrogens with zero attached hydrogens (tertiary/aromatic N) is 1. The SMILES string of the molecule is CCCNC(C)(C#N)CCCCOCC1CCCO1. The fourth-order valence-corrected chi connectivity index (χ4v) is 2.26. The van der Waals surface area contributed by atoms with Crippen molar-refractivity contribution in [3.8, 4) is 6.07 Å². The van der Waals surface area contributed by atoms with E-state index < -0.39 is 0 Å². The van der Waals surface area contributed by atoms with Gasteiger partial charge in [-0.1, -0.05) is 6.92 Å². The molecule has 0 amide bonds. The molecule has 1 saturated heterocycles. The molecule has 4 heteroatoms. The molecule has 1 fully saturated rings. The molecule has 0 aromatic carbocycles. The number of rotatable bonds is 10. The van der Waals surface area contributed by atoms with Gasteiger partial charge in [0.05, 0.1) is 18.8 Å². The molecule has 0 aromatic rings. The van der Waals surface area contributed by atoms with Crippen molar-refractivity contribution in [3.63, 3.8) is 0 Å². The first-order chi connectivity index (χ1) is 9.20. The van der Waals surface area contributed by atoms with Crippen LogP contribution in [-0.2, 0) is 9.47 Å². The number of hydrogen-bond acceptors (Lipinski definition) is 4. The molecule has 2 atom stereocenters. The van der Waals surface area contributed by atoms with Crippen molar-refractivity contribution in [1.82, 2.24) is 5.32 Å². The summed E-state index contributed by atoms with van der Waals surface area (Å²) in [5.41, 5.74) is -0.384. The van der Waals surface area contributed by atoms with E-state index in [0.29, 0.717) is 6.10 Å². The van der Waals surface area contributed by atoms with E-state index in [2.05, 4.69) is 18.3 Å². The van der Waals surface area contributed by atoms with Gasteiger partial charge in [0.1, 0.15) is 5.54 Å². The highest BCUT2D eigenvalue weighted by atomic mass is 16.5. The number of unbranched alkanes of at least 4 members (excludes halogenated alkanes) is 1. The zero-order valence-electron chi connectivity index (χ0n) is 12.4. The molecular weight excluding hydrogens is 240 g/mol. The summed E-state index contributed by atoms with van der Waals surface area (Å²) in [5, 5.41) is 12.5. The van der Waals surface area contributed by atoms with Gasteiger partial charge in [-0.25, -0.2) is 0 Å². The summed E-state index contributed by atoms with van der Waals surface area (Å²) >= 11 is 0. The Morgan fingerprint density at radius 1 is 1.47 bits per heavy atom. The molecule has 0 aliphatic carbocycles. The molecule has 1 N–H and O–H groups in total. The molecule has 1 rings (SSSR count). The van der Waals surface area contributed by atoms with Gasteiger partial charge in [-0.3, -0.25) is 5.32 Å². The minimum atomic E-state index is -0.384. The average molecular weight is 268 g/mol. The second-order valence-electron chi connectivity index (χ2n) is 5.54. The molecule has 110 valence electrons. The molecular formula is C15H28N2O2. The number of hydrogen-bond donors (Lipinski definition) is 1. The van der Waals surface area contributed by atoms with Crippen molar-refractivity contribution >= 4 is 0 Å². The van der Waals surface area contributed by atoms with Gasteiger partial charge in [-0.05, 0) is 52.0 Å². The Bertz CT molecular complexity index is 272. The molecule has 0 bridgehead atoms. The quantitative estimate of drug-likeness (QED) is 0.619. The Balaban J connectivity index is 2.00. The third-order valence-corrected chi connectivity index (χ3v) is 3.56. The second kappa shape index (κ2) is 9.30. The van der Waals surface area contributed by atoms with Crippen LogP contribution in [0.4, 0.5) is 0 Å². The van der Waals surface area contributed by atoms with Crippen LogP contribution in [0.1, 0.15) is 52.4 Å².